The fourth-order valence-corrected chi connectivity index (χ4v) is 3.63. The van der Waals surface area contributed by atoms with E-state index in [1.54, 1.807) is 11.3 Å². The Morgan fingerprint density at radius 1 is 1.26 bits per heavy atom. The smallest absolute Gasteiger partial charge is 0.112 e. The van der Waals surface area contributed by atoms with Gasteiger partial charge in [0, 0.05) is 10.6 Å². The van der Waals surface area contributed by atoms with Gasteiger partial charge in [0.2, 0.25) is 0 Å². The van der Waals surface area contributed by atoms with Crippen LogP contribution in [0.1, 0.15) is 34.4 Å². The second-order valence-electron chi connectivity index (χ2n) is 5.87. The van der Waals surface area contributed by atoms with Crippen molar-refractivity contribution < 1.29 is 5.11 Å². The Bertz CT molecular complexity index is 817. The fourth-order valence-electron chi connectivity index (χ4n) is 2.76. The summed E-state index contributed by atoms with van der Waals surface area (Å²) in [5.41, 5.74) is 4.13. The van der Waals surface area contributed by atoms with E-state index in [0.717, 1.165) is 39.8 Å². The Morgan fingerprint density at radius 2 is 2.04 bits per heavy atom. The van der Waals surface area contributed by atoms with Crippen LogP contribution < -0.4 is 5.32 Å². The SMILES string of the molecule is Cc1nc(CNc2ccc3c(c2)nc(C)n3C(C)CO)sc1C. The molecule has 3 aromatic rings. The van der Waals surface area contributed by atoms with Crippen molar-refractivity contribution in [1.29, 1.82) is 0 Å². The average Bonchev–Trinajstić information content (AvgIpc) is 3.02. The van der Waals surface area contributed by atoms with Crippen molar-refractivity contribution in [3.63, 3.8) is 0 Å². The molecular formula is C17H22N4OS. The zero-order valence-electron chi connectivity index (χ0n) is 13.9. The number of thiazole rings is 1. The molecule has 0 bridgehead atoms. The summed E-state index contributed by atoms with van der Waals surface area (Å²) in [5, 5.41) is 13.9. The van der Waals surface area contributed by atoms with Gasteiger partial charge in [-0.05, 0) is 45.9 Å². The molecule has 0 saturated heterocycles. The van der Waals surface area contributed by atoms with Crippen molar-refractivity contribution in [2.75, 3.05) is 11.9 Å². The zero-order valence-corrected chi connectivity index (χ0v) is 14.7. The lowest BCUT2D eigenvalue weighted by Crippen LogP contribution is -2.10. The van der Waals surface area contributed by atoms with Crippen LogP contribution in [0.4, 0.5) is 5.69 Å². The fraction of sp³-hybridized carbons (Fsp3) is 0.412. The molecule has 5 nitrogen and oxygen atoms in total. The van der Waals surface area contributed by atoms with E-state index in [1.807, 2.05) is 20.8 Å². The van der Waals surface area contributed by atoms with E-state index in [-0.39, 0.29) is 12.6 Å². The van der Waals surface area contributed by atoms with Crippen molar-refractivity contribution >= 4 is 28.1 Å². The number of hydrogen-bond donors (Lipinski definition) is 2. The molecule has 3 rings (SSSR count). The average molecular weight is 330 g/mol. The van der Waals surface area contributed by atoms with E-state index in [2.05, 4.69) is 45.0 Å². The number of imidazole rings is 1. The zero-order chi connectivity index (χ0) is 16.6. The highest BCUT2D eigenvalue weighted by Crippen LogP contribution is 2.24. The molecule has 0 aliphatic heterocycles. The lowest BCUT2D eigenvalue weighted by molar-refractivity contribution is 0.239. The molecular weight excluding hydrogens is 308 g/mol. The first kappa shape index (κ1) is 16.0. The number of fused-ring (bicyclic) bond motifs is 1. The summed E-state index contributed by atoms with van der Waals surface area (Å²) in [6, 6.07) is 6.19. The molecule has 2 aromatic heterocycles. The molecule has 0 aliphatic rings. The van der Waals surface area contributed by atoms with Crippen LogP contribution in [0.25, 0.3) is 11.0 Å². The summed E-state index contributed by atoms with van der Waals surface area (Å²) < 4.78 is 2.08. The number of nitrogens with one attached hydrogen (secondary N) is 1. The third-order valence-electron chi connectivity index (χ3n) is 4.09. The van der Waals surface area contributed by atoms with E-state index in [9.17, 15) is 5.11 Å². The number of nitrogens with zero attached hydrogens (tertiary/aromatic N) is 3. The molecule has 1 unspecified atom stereocenters. The number of aliphatic hydroxyl groups is 1. The topological polar surface area (TPSA) is 63.0 Å². The van der Waals surface area contributed by atoms with Gasteiger partial charge in [-0.2, -0.15) is 0 Å². The molecule has 0 spiro atoms. The van der Waals surface area contributed by atoms with Gasteiger partial charge in [-0.3, -0.25) is 0 Å². The number of benzene rings is 1. The van der Waals surface area contributed by atoms with Gasteiger partial charge in [-0.1, -0.05) is 0 Å². The minimum absolute atomic E-state index is 0.0279. The van der Waals surface area contributed by atoms with Crippen LogP contribution in [-0.4, -0.2) is 26.2 Å². The Labute approximate surface area is 140 Å². The Kier molecular flexibility index (Phi) is 4.37. The molecule has 0 fully saturated rings. The Hall–Kier alpha value is -1.92. The van der Waals surface area contributed by atoms with E-state index in [0.29, 0.717) is 0 Å². The van der Waals surface area contributed by atoms with Crippen LogP contribution in [0.5, 0.6) is 0 Å². The quantitative estimate of drug-likeness (QED) is 0.750. The van der Waals surface area contributed by atoms with Crippen LogP contribution in [0.3, 0.4) is 0 Å². The van der Waals surface area contributed by atoms with E-state index in [4.69, 9.17) is 0 Å². The summed E-state index contributed by atoms with van der Waals surface area (Å²) in [7, 11) is 0. The molecule has 0 amide bonds. The second-order valence-corrected chi connectivity index (χ2v) is 7.15. The van der Waals surface area contributed by atoms with E-state index in [1.165, 1.54) is 4.88 Å². The highest BCUT2D eigenvalue weighted by molar-refractivity contribution is 7.11. The lowest BCUT2D eigenvalue weighted by atomic mass is 10.2. The Morgan fingerprint density at radius 3 is 2.70 bits per heavy atom. The molecule has 1 atom stereocenters. The number of aromatic nitrogens is 3. The van der Waals surface area contributed by atoms with Gasteiger partial charge in [0.1, 0.15) is 10.8 Å². The maximum absolute atomic E-state index is 9.41. The van der Waals surface area contributed by atoms with Gasteiger partial charge < -0.3 is 15.0 Å². The Balaban J connectivity index is 1.83. The predicted molar refractivity (Wildman–Crippen MR) is 95.2 cm³/mol. The minimum atomic E-state index is 0.0279. The van der Waals surface area contributed by atoms with Crippen molar-refractivity contribution in [1.82, 2.24) is 14.5 Å². The van der Waals surface area contributed by atoms with Crippen molar-refractivity contribution in [3.05, 3.63) is 39.6 Å². The first-order valence-electron chi connectivity index (χ1n) is 7.76. The van der Waals surface area contributed by atoms with Gasteiger partial charge in [0.25, 0.3) is 0 Å². The van der Waals surface area contributed by atoms with Gasteiger partial charge in [0.05, 0.1) is 35.9 Å². The van der Waals surface area contributed by atoms with Crippen LogP contribution >= 0.6 is 11.3 Å². The predicted octanol–water partition coefficient (Wildman–Crippen LogP) is 3.58. The van der Waals surface area contributed by atoms with Crippen LogP contribution in [0.15, 0.2) is 18.2 Å². The summed E-state index contributed by atoms with van der Waals surface area (Å²) in [6.07, 6.45) is 0. The molecule has 2 N–H and O–H groups in total. The van der Waals surface area contributed by atoms with E-state index >= 15 is 0 Å². The molecule has 6 heteroatoms. The number of aliphatic hydroxyl groups excluding tert-OH is 1. The van der Waals surface area contributed by atoms with Crippen molar-refractivity contribution in [2.45, 2.75) is 40.3 Å². The molecule has 23 heavy (non-hydrogen) atoms. The van der Waals surface area contributed by atoms with Crippen molar-refractivity contribution in [2.24, 2.45) is 0 Å². The van der Waals surface area contributed by atoms with Crippen LogP contribution in [-0.2, 0) is 6.54 Å². The van der Waals surface area contributed by atoms with Crippen LogP contribution in [0.2, 0.25) is 0 Å². The largest absolute Gasteiger partial charge is 0.394 e. The van der Waals surface area contributed by atoms with Gasteiger partial charge in [-0.15, -0.1) is 11.3 Å². The maximum Gasteiger partial charge on any atom is 0.112 e. The monoisotopic (exact) mass is 330 g/mol. The molecule has 0 aliphatic carbocycles. The van der Waals surface area contributed by atoms with Crippen LogP contribution in [0, 0.1) is 20.8 Å². The molecule has 2 heterocycles. The highest BCUT2D eigenvalue weighted by Gasteiger charge is 2.13. The summed E-state index contributed by atoms with van der Waals surface area (Å²) >= 11 is 1.73. The lowest BCUT2D eigenvalue weighted by Gasteiger charge is -2.13. The number of anilines is 1. The number of hydrogen-bond acceptors (Lipinski definition) is 5. The molecule has 122 valence electrons. The molecule has 0 saturated carbocycles. The molecule has 1 aromatic carbocycles. The summed E-state index contributed by atoms with van der Waals surface area (Å²) in [4.78, 5) is 10.4. The second kappa shape index (κ2) is 6.29. The number of rotatable bonds is 5. The van der Waals surface area contributed by atoms with E-state index < -0.39 is 0 Å². The minimum Gasteiger partial charge on any atom is -0.394 e. The van der Waals surface area contributed by atoms with Crippen molar-refractivity contribution in [3.8, 4) is 0 Å². The third kappa shape index (κ3) is 3.09. The summed E-state index contributed by atoms with van der Waals surface area (Å²) in [6.45, 7) is 8.93. The third-order valence-corrected chi connectivity index (χ3v) is 5.16. The first-order valence-corrected chi connectivity index (χ1v) is 8.57. The number of aryl methyl sites for hydroxylation is 3. The standard InChI is InChI=1S/C17H22N4OS/c1-10(9-22)21-13(4)20-15-7-14(5-6-16(15)21)18-8-17-19-11(2)12(3)23-17/h5-7,10,18,22H,8-9H2,1-4H3. The van der Waals surface area contributed by atoms with Gasteiger partial charge in [-0.25, -0.2) is 9.97 Å². The highest BCUT2D eigenvalue weighted by atomic mass is 32.1. The normalized spacial score (nSPS) is 12.7. The van der Waals surface area contributed by atoms with Gasteiger partial charge in [0.15, 0.2) is 0 Å². The van der Waals surface area contributed by atoms with Gasteiger partial charge >= 0.3 is 0 Å². The summed E-state index contributed by atoms with van der Waals surface area (Å²) in [5.74, 6) is 0.921. The maximum atomic E-state index is 9.41. The molecule has 0 radical (unpaired) electrons. The first-order chi connectivity index (χ1) is 11.0.